The van der Waals surface area contributed by atoms with Gasteiger partial charge < -0.3 is 9.32 Å². The van der Waals surface area contributed by atoms with Crippen molar-refractivity contribution in [1.82, 2.24) is 4.90 Å². The molecule has 0 aliphatic carbocycles. The van der Waals surface area contributed by atoms with Crippen LogP contribution >= 0.6 is 0 Å². The van der Waals surface area contributed by atoms with Gasteiger partial charge in [-0.25, -0.2) is 0 Å². The Labute approximate surface area is 61.4 Å². The predicted molar refractivity (Wildman–Crippen MR) is 39.5 cm³/mol. The Balaban J connectivity index is 2.58. The Kier molecular flexibility index (Phi) is 2.12. The highest BCUT2D eigenvalue weighted by Crippen LogP contribution is 2.06. The van der Waals surface area contributed by atoms with Crippen molar-refractivity contribution in [3.63, 3.8) is 0 Å². The summed E-state index contributed by atoms with van der Waals surface area (Å²) in [5, 5.41) is 0. The quantitative estimate of drug-likeness (QED) is 0.612. The summed E-state index contributed by atoms with van der Waals surface area (Å²) < 4.78 is 5.13. The summed E-state index contributed by atoms with van der Waals surface area (Å²) >= 11 is 0. The van der Waals surface area contributed by atoms with Crippen LogP contribution in [0.3, 0.4) is 0 Å². The minimum absolute atomic E-state index is 0.483. The number of hydrogen-bond donors (Lipinski definition) is 0. The maximum atomic E-state index is 5.37. The Bertz CT molecular complexity index is 203. The molecule has 0 N–H and O–H groups in total. The van der Waals surface area contributed by atoms with Crippen LogP contribution in [0, 0.1) is 6.92 Å². The van der Waals surface area contributed by atoms with Gasteiger partial charge in [0.1, 0.15) is 11.5 Å². The minimum Gasteiger partial charge on any atom is -0.464 e. The van der Waals surface area contributed by atoms with Crippen molar-refractivity contribution in [1.29, 1.82) is 0 Å². The van der Waals surface area contributed by atoms with Gasteiger partial charge in [0.2, 0.25) is 0 Å². The van der Waals surface area contributed by atoms with Gasteiger partial charge in [-0.05, 0) is 26.2 Å². The van der Waals surface area contributed by atoms with Crippen molar-refractivity contribution in [2.45, 2.75) is 6.54 Å². The molecule has 1 heterocycles. The Morgan fingerprint density at radius 3 is 2.60 bits per heavy atom. The molecule has 0 amide bonds. The van der Waals surface area contributed by atoms with E-state index in [1.165, 1.54) is 0 Å². The summed E-state index contributed by atoms with van der Waals surface area (Å²) in [6, 6.07) is 3.65. The normalized spacial score (nSPS) is 10.8. The molecule has 0 aliphatic rings. The molecule has 0 aliphatic heterocycles. The lowest BCUT2D eigenvalue weighted by Crippen LogP contribution is -2.09. The smallest absolute Gasteiger partial charge is 0.118 e. The van der Waals surface area contributed by atoms with E-state index in [1.807, 2.05) is 25.1 Å². The zero-order valence-electron chi connectivity index (χ0n) is 6.29. The zero-order chi connectivity index (χ0) is 7.56. The highest BCUT2D eigenvalue weighted by molar-refractivity contribution is 5.08. The summed E-state index contributed by atoms with van der Waals surface area (Å²) in [7, 11) is 3.97. The van der Waals surface area contributed by atoms with Crippen molar-refractivity contribution in [3.8, 4) is 0 Å². The third-order valence-electron chi connectivity index (χ3n) is 1.15. The molecule has 1 aromatic rings. The monoisotopic (exact) mass is 137 g/mol. The van der Waals surface area contributed by atoms with Gasteiger partial charge in [-0.1, -0.05) is 0 Å². The van der Waals surface area contributed by atoms with E-state index < -0.39 is 0 Å². The van der Waals surface area contributed by atoms with Crippen LogP contribution in [0.25, 0.3) is 0 Å². The summed E-state index contributed by atoms with van der Waals surface area (Å²) in [5.74, 6) is 1.39. The van der Waals surface area contributed by atoms with Gasteiger partial charge >= 0.3 is 0 Å². The third-order valence-corrected chi connectivity index (χ3v) is 1.15. The minimum atomic E-state index is 0.483. The largest absolute Gasteiger partial charge is 0.464 e. The molecule has 0 unspecified atom stereocenters. The number of furan rings is 1. The van der Waals surface area contributed by atoms with Crippen molar-refractivity contribution < 1.29 is 4.42 Å². The first-order valence-electron chi connectivity index (χ1n) is 3.17. The molecule has 0 atom stereocenters. The molecule has 2 radical (unpaired) electrons. The standard InChI is InChI=1S/C8H11NO/c1-7-4-5-8(10-7)6-9(2)3/h1,4-5H,6H2,2-3H3. The lowest BCUT2D eigenvalue weighted by atomic mass is 10.4. The van der Waals surface area contributed by atoms with Crippen molar-refractivity contribution in [3.05, 3.63) is 30.6 Å². The molecule has 2 nitrogen and oxygen atoms in total. The molecule has 10 heavy (non-hydrogen) atoms. The van der Waals surface area contributed by atoms with Gasteiger partial charge in [0, 0.05) is 6.92 Å². The summed E-state index contributed by atoms with van der Waals surface area (Å²) in [5.41, 5.74) is 0. The van der Waals surface area contributed by atoms with Crippen LogP contribution in [-0.4, -0.2) is 19.0 Å². The highest BCUT2D eigenvalue weighted by atomic mass is 16.3. The van der Waals surface area contributed by atoms with Gasteiger partial charge in [-0.15, -0.1) is 0 Å². The lowest BCUT2D eigenvalue weighted by Gasteiger charge is -2.05. The number of rotatable bonds is 2. The van der Waals surface area contributed by atoms with Crippen LogP contribution in [0.2, 0.25) is 0 Å². The average Bonchev–Trinajstić information content (AvgIpc) is 2.13. The molecule has 54 valence electrons. The summed E-state index contributed by atoms with van der Waals surface area (Å²) in [4.78, 5) is 2.03. The first-order valence-corrected chi connectivity index (χ1v) is 3.17. The fourth-order valence-electron chi connectivity index (χ4n) is 0.791. The molecule has 1 rings (SSSR count). The van der Waals surface area contributed by atoms with Gasteiger partial charge in [-0.2, -0.15) is 0 Å². The Morgan fingerprint density at radius 2 is 2.20 bits per heavy atom. The molecule has 2 heteroatoms. The molecule has 0 spiro atoms. The van der Waals surface area contributed by atoms with E-state index in [0.717, 1.165) is 12.3 Å². The second-order valence-electron chi connectivity index (χ2n) is 2.54. The molecule has 0 bridgehead atoms. The van der Waals surface area contributed by atoms with Gasteiger partial charge in [0.15, 0.2) is 0 Å². The van der Waals surface area contributed by atoms with Gasteiger partial charge in [-0.3, -0.25) is 0 Å². The fourth-order valence-corrected chi connectivity index (χ4v) is 0.791. The first-order chi connectivity index (χ1) is 4.68. The lowest BCUT2D eigenvalue weighted by molar-refractivity contribution is 0.347. The molecule has 1 aromatic heterocycles. The van der Waals surface area contributed by atoms with Crippen LogP contribution in [-0.2, 0) is 6.54 Å². The Hall–Kier alpha value is -0.760. The number of hydrogen-bond acceptors (Lipinski definition) is 2. The summed E-state index contributed by atoms with van der Waals surface area (Å²) in [6.45, 7) is 6.17. The van der Waals surface area contributed by atoms with Gasteiger partial charge in [0.05, 0.1) is 6.54 Å². The molecule has 0 aromatic carbocycles. The van der Waals surface area contributed by atoms with E-state index in [2.05, 4.69) is 0 Å². The third kappa shape index (κ3) is 1.88. The van der Waals surface area contributed by atoms with Crippen LogP contribution < -0.4 is 0 Å². The van der Waals surface area contributed by atoms with E-state index in [-0.39, 0.29) is 0 Å². The van der Waals surface area contributed by atoms with E-state index in [9.17, 15) is 0 Å². The molecular weight excluding hydrogens is 126 g/mol. The number of nitrogens with zero attached hydrogens (tertiary/aromatic N) is 1. The summed E-state index contributed by atoms with van der Waals surface area (Å²) in [6.07, 6.45) is 0. The van der Waals surface area contributed by atoms with Crippen LogP contribution in [0.1, 0.15) is 11.5 Å². The van der Waals surface area contributed by atoms with E-state index in [4.69, 9.17) is 11.3 Å². The second kappa shape index (κ2) is 2.88. The van der Waals surface area contributed by atoms with E-state index in [0.29, 0.717) is 5.76 Å². The average molecular weight is 137 g/mol. The van der Waals surface area contributed by atoms with Crippen molar-refractivity contribution in [2.75, 3.05) is 14.1 Å². The molecule has 0 saturated heterocycles. The fraction of sp³-hybridized carbons (Fsp3) is 0.375. The van der Waals surface area contributed by atoms with Crippen LogP contribution in [0.4, 0.5) is 0 Å². The maximum Gasteiger partial charge on any atom is 0.118 e. The zero-order valence-corrected chi connectivity index (χ0v) is 6.29. The van der Waals surface area contributed by atoms with Crippen molar-refractivity contribution >= 4 is 0 Å². The SMILES string of the molecule is [CH]c1ccc(CN(C)C)o1. The first kappa shape index (κ1) is 7.35. The van der Waals surface area contributed by atoms with Crippen LogP contribution in [0.5, 0.6) is 0 Å². The highest BCUT2D eigenvalue weighted by Gasteiger charge is 1.98. The maximum absolute atomic E-state index is 5.37. The van der Waals surface area contributed by atoms with Gasteiger partial charge in [0.25, 0.3) is 0 Å². The predicted octanol–water partition coefficient (Wildman–Crippen LogP) is 1.40. The topological polar surface area (TPSA) is 16.4 Å². The molecular formula is C8H11NO. The van der Waals surface area contributed by atoms with Crippen molar-refractivity contribution in [2.24, 2.45) is 0 Å². The molecule has 0 saturated carbocycles. The van der Waals surface area contributed by atoms with Crippen LogP contribution in [0.15, 0.2) is 16.5 Å². The second-order valence-corrected chi connectivity index (χ2v) is 2.54. The Morgan fingerprint density at radius 1 is 1.50 bits per heavy atom. The van der Waals surface area contributed by atoms with E-state index in [1.54, 1.807) is 6.07 Å². The molecule has 0 fully saturated rings. The van der Waals surface area contributed by atoms with E-state index >= 15 is 0 Å².